The molecule has 0 radical (unpaired) electrons. The van der Waals surface area contributed by atoms with Gasteiger partial charge >= 0.3 is 0 Å². The van der Waals surface area contributed by atoms with Crippen molar-refractivity contribution in [3.8, 4) is 10.6 Å². The predicted octanol–water partition coefficient (Wildman–Crippen LogP) is 2.52. The largest absolute Gasteiger partial charge is 0.316 e. The van der Waals surface area contributed by atoms with E-state index in [2.05, 4.69) is 10.3 Å². The molecule has 8 heteroatoms. The third kappa shape index (κ3) is 3.75. The lowest BCUT2D eigenvalue weighted by molar-refractivity contribution is 0.464. The van der Waals surface area contributed by atoms with Crippen LogP contribution in [-0.4, -0.2) is 43.9 Å². The molecule has 126 valence electrons. The van der Waals surface area contributed by atoms with Crippen molar-refractivity contribution in [3.63, 3.8) is 0 Å². The molecule has 1 atom stereocenters. The summed E-state index contributed by atoms with van der Waals surface area (Å²) in [6.45, 7) is 3.02. The van der Waals surface area contributed by atoms with Crippen molar-refractivity contribution < 1.29 is 8.42 Å². The van der Waals surface area contributed by atoms with Crippen LogP contribution in [0.3, 0.4) is 0 Å². The first-order chi connectivity index (χ1) is 10.5. The molecule has 2 aromatic rings. The van der Waals surface area contributed by atoms with Crippen molar-refractivity contribution in [2.75, 3.05) is 20.1 Å². The maximum atomic E-state index is 12.8. The average Bonchev–Trinajstić information content (AvgIpc) is 3.16. The minimum Gasteiger partial charge on any atom is -0.316 e. The molecule has 23 heavy (non-hydrogen) atoms. The Balaban J connectivity index is 0.00000192. The Hall–Kier alpha value is -0.990. The summed E-state index contributed by atoms with van der Waals surface area (Å²) in [6.07, 6.45) is 0.848. The maximum Gasteiger partial charge on any atom is 0.243 e. The molecule has 1 unspecified atom stereocenters. The van der Waals surface area contributed by atoms with Gasteiger partial charge < -0.3 is 5.32 Å². The number of benzene rings is 1. The smallest absolute Gasteiger partial charge is 0.243 e. The van der Waals surface area contributed by atoms with Gasteiger partial charge in [0.1, 0.15) is 5.01 Å². The Bertz CT molecular complexity index is 777. The fourth-order valence-corrected chi connectivity index (χ4v) is 4.95. The zero-order chi connectivity index (χ0) is 15.7. The first kappa shape index (κ1) is 18.4. The van der Waals surface area contributed by atoms with Gasteiger partial charge in [0.2, 0.25) is 10.0 Å². The van der Waals surface area contributed by atoms with Crippen LogP contribution in [0.1, 0.15) is 12.1 Å². The van der Waals surface area contributed by atoms with Crippen LogP contribution in [-0.2, 0) is 10.0 Å². The Morgan fingerprint density at radius 1 is 1.39 bits per heavy atom. The molecule has 1 N–H and O–H groups in total. The SMILES string of the molecule is CNC1CCN(S(=O)(=O)c2cccc(-c3nc(C)cs3)c2)C1.Cl. The number of rotatable bonds is 4. The van der Waals surface area contributed by atoms with Gasteiger partial charge in [-0.2, -0.15) is 4.31 Å². The van der Waals surface area contributed by atoms with Crippen LogP contribution in [0, 0.1) is 6.92 Å². The number of sulfonamides is 1. The lowest BCUT2D eigenvalue weighted by Gasteiger charge is -2.17. The number of thiazole rings is 1. The van der Waals surface area contributed by atoms with E-state index >= 15 is 0 Å². The van der Waals surface area contributed by atoms with Crippen molar-refractivity contribution in [1.29, 1.82) is 0 Å². The van der Waals surface area contributed by atoms with Crippen LogP contribution in [0.4, 0.5) is 0 Å². The monoisotopic (exact) mass is 373 g/mol. The molecule has 1 saturated heterocycles. The summed E-state index contributed by atoms with van der Waals surface area (Å²) in [4.78, 5) is 4.77. The number of likely N-dealkylation sites (N-methyl/N-ethyl adjacent to an activating group) is 1. The van der Waals surface area contributed by atoms with Gasteiger partial charge in [0, 0.05) is 35.8 Å². The Morgan fingerprint density at radius 2 is 2.17 bits per heavy atom. The predicted molar refractivity (Wildman–Crippen MR) is 95.8 cm³/mol. The molecule has 1 aliphatic rings. The standard InChI is InChI=1S/C15H19N3O2S2.ClH/c1-11-10-21-15(17-11)12-4-3-5-14(8-12)22(19,20)18-7-6-13(9-18)16-2;/h3-5,8,10,13,16H,6-7,9H2,1-2H3;1H. The number of nitrogens with one attached hydrogen (secondary N) is 1. The highest BCUT2D eigenvalue weighted by Crippen LogP contribution is 2.28. The highest BCUT2D eigenvalue weighted by molar-refractivity contribution is 7.89. The summed E-state index contributed by atoms with van der Waals surface area (Å²) in [6, 6.07) is 7.30. The number of aryl methyl sites for hydroxylation is 1. The molecule has 0 amide bonds. The van der Waals surface area contributed by atoms with Gasteiger partial charge in [-0.1, -0.05) is 12.1 Å². The molecule has 0 saturated carbocycles. The van der Waals surface area contributed by atoms with Crippen LogP contribution < -0.4 is 5.32 Å². The van der Waals surface area contributed by atoms with Crippen LogP contribution >= 0.6 is 23.7 Å². The van der Waals surface area contributed by atoms with E-state index in [9.17, 15) is 8.42 Å². The summed E-state index contributed by atoms with van der Waals surface area (Å²) in [5.41, 5.74) is 1.80. The normalized spacial score (nSPS) is 18.8. The second kappa shape index (κ2) is 7.27. The van der Waals surface area contributed by atoms with Gasteiger partial charge in [-0.25, -0.2) is 13.4 Å². The van der Waals surface area contributed by atoms with Gasteiger partial charge in [-0.15, -0.1) is 23.7 Å². The third-order valence-corrected chi connectivity index (χ3v) is 6.77. The van der Waals surface area contributed by atoms with Crippen molar-refractivity contribution >= 4 is 33.8 Å². The summed E-state index contributed by atoms with van der Waals surface area (Å²) in [5.74, 6) is 0. The molecule has 1 aromatic heterocycles. The van der Waals surface area contributed by atoms with Crippen molar-refractivity contribution in [1.82, 2.24) is 14.6 Å². The number of halogens is 1. The highest BCUT2D eigenvalue weighted by atomic mass is 35.5. The molecule has 0 aliphatic carbocycles. The molecule has 1 aromatic carbocycles. The summed E-state index contributed by atoms with van der Waals surface area (Å²) < 4.78 is 27.1. The second-order valence-corrected chi connectivity index (χ2v) is 8.26. The molecule has 1 aliphatic heterocycles. The second-order valence-electron chi connectivity index (χ2n) is 5.46. The molecule has 2 heterocycles. The lowest BCUT2D eigenvalue weighted by atomic mass is 10.2. The van der Waals surface area contributed by atoms with Gasteiger partial charge in [-0.05, 0) is 32.5 Å². The van der Waals surface area contributed by atoms with E-state index in [0.717, 1.165) is 22.7 Å². The average molecular weight is 374 g/mol. The van der Waals surface area contributed by atoms with Gasteiger partial charge in [0.05, 0.1) is 4.90 Å². The van der Waals surface area contributed by atoms with Gasteiger partial charge in [0.25, 0.3) is 0 Å². The fourth-order valence-electron chi connectivity index (χ4n) is 2.61. The van der Waals surface area contributed by atoms with E-state index in [4.69, 9.17) is 0 Å². The van der Waals surface area contributed by atoms with E-state index < -0.39 is 10.0 Å². The summed E-state index contributed by atoms with van der Waals surface area (Å²) in [7, 11) is -1.57. The first-order valence-corrected chi connectivity index (χ1v) is 9.52. The molecule has 5 nitrogen and oxygen atoms in total. The molecular weight excluding hydrogens is 354 g/mol. The molecule has 1 fully saturated rings. The zero-order valence-corrected chi connectivity index (χ0v) is 15.5. The minimum absolute atomic E-state index is 0. The van der Waals surface area contributed by atoms with Gasteiger partial charge in [0.15, 0.2) is 0 Å². The van der Waals surface area contributed by atoms with E-state index in [1.165, 1.54) is 11.3 Å². The van der Waals surface area contributed by atoms with Crippen molar-refractivity contribution in [3.05, 3.63) is 35.3 Å². The van der Waals surface area contributed by atoms with E-state index in [-0.39, 0.29) is 18.4 Å². The Morgan fingerprint density at radius 3 is 2.78 bits per heavy atom. The topological polar surface area (TPSA) is 62.3 Å². The molecule has 0 bridgehead atoms. The number of nitrogens with zero attached hydrogens (tertiary/aromatic N) is 2. The minimum atomic E-state index is -3.44. The van der Waals surface area contributed by atoms with Crippen molar-refractivity contribution in [2.45, 2.75) is 24.3 Å². The summed E-state index contributed by atoms with van der Waals surface area (Å²) >= 11 is 1.53. The molecule has 3 rings (SSSR count). The van der Waals surface area contributed by atoms with Crippen molar-refractivity contribution in [2.24, 2.45) is 0 Å². The Labute approximate surface area is 147 Å². The maximum absolute atomic E-state index is 12.8. The van der Waals surface area contributed by atoms with E-state index in [1.807, 2.05) is 25.4 Å². The Kier molecular flexibility index (Phi) is 5.80. The number of aromatic nitrogens is 1. The third-order valence-electron chi connectivity index (χ3n) is 3.90. The van der Waals surface area contributed by atoms with Crippen LogP contribution in [0.15, 0.2) is 34.5 Å². The highest BCUT2D eigenvalue weighted by Gasteiger charge is 2.31. The number of hydrogen-bond donors (Lipinski definition) is 1. The van der Waals surface area contributed by atoms with Gasteiger partial charge in [-0.3, -0.25) is 0 Å². The first-order valence-electron chi connectivity index (χ1n) is 7.20. The van der Waals surface area contributed by atoms with Crippen LogP contribution in [0.2, 0.25) is 0 Å². The van der Waals surface area contributed by atoms with E-state index in [1.54, 1.807) is 22.5 Å². The molecular formula is C15H20ClN3O2S2. The zero-order valence-electron chi connectivity index (χ0n) is 13.0. The quantitative estimate of drug-likeness (QED) is 0.894. The lowest BCUT2D eigenvalue weighted by Crippen LogP contribution is -2.33. The number of hydrogen-bond acceptors (Lipinski definition) is 5. The molecule has 0 spiro atoms. The van der Waals surface area contributed by atoms with Crippen LogP contribution in [0.25, 0.3) is 10.6 Å². The van der Waals surface area contributed by atoms with E-state index in [0.29, 0.717) is 18.0 Å². The summed E-state index contributed by atoms with van der Waals surface area (Å²) in [5, 5.41) is 5.96. The van der Waals surface area contributed by atoms with Crippen LogP contribution in [0.5, 0.6) is 0 Å². The fraction of sp³-hybridized carbons (Fsp3) is 0.400.